The highest BCUT2D eigenvalue weighted by Gasteiger charge is 2.30. The average molecular weight is 460 g/mol. The number of aromatic nitrogens is 2. The van der Waals surface area contributed by atoms with E-state index in [0.717, 1.165) is 36.0 Å². The van der Waals surface area contributed by atoms with Crippen LogP contribution in [0.3, 0.4) is 0 Å². The summed E-state index contributed by atoms with van der Waals surface area (Å²) in [5, 5.41) is 5.11. The molecule has 0 fully saturated rings. The molecule has 0 aliphatic carbocycles. The van der Waals surface area contributed by atoms with Gasteiger partial charge in [-0.05, 0) is 36.1 Å². The molecule has 0 spiro atoms. The second-order valence-corrected chi connectivity index (χ2v) is 7.57. The van der Waals surface area contributed by atoms with Crippen molar-refractivity contribution < 1.29 is 27.4 Å². The van der Waals surface area contributed by atoms with Gasteiger partial charge in [0.1, 0.15) is 29.9 Å². The number of carbonyl (C=O) groups excluding carboxylic acids is 1. The lowest BCUT2D eigenvalue weighted by Gasteiger charge is -2.17. The van der Waals surface area contributed by atoms with Crippen molar-refractivity contribution in [3.63, 3.8) is 0 Å². The number of alkyl halides is 3. The normalized spacial score (nSPS) is 13.9. The highest BCUT2D eigenvalue weighted by molar-refractivity contribution is 6.00. The van der Waals surface area contributed by atoms with Crippen molar-refractivity contribution in [2.24, 2.45) is 0 Å². The number of ether oxygens (including phenoxy) is 2. The quantitative estimate of drug-likeness (QED) is 0.580. The minimum atomic E-state index is -4.53. The molecule has 10 heteroatoms. The molecule has 4 rings (SSSR count). The summed E-state index contributed by atoms with van der Waals surface area (Å²) in [7, 11) is 2.67. The molecule has 1 aliphatic rings. The van der Waals surface area contributed by atoms with Gasteiger partial charge in [-0.1, -0.05) is 6.07 Å². The number of halogens is 3. The average Bonchev–Trinajstić information content (AvgIpc) is 3.25. The molecule has 7 nitrogen and oxygen atoms in total. The summed E-state index contributed by atoms with van der Waals surface area (Å²) in [6, 6.07) is 9.11. The Balaban J connectivity index is 1.71. The number of hydrogen-bond donors (Lipinski definition) is 2. The summed E-state index contributed by atoms with van der Waals surface area (Å²) in [6.45, 7) is -0.491. The maximum absolute atomic E-state index is 12.5. The third-order valence-corrected chi connectivity index (χ3v) is 5.41. The molecule has 1 amide bonds. The van der Waals surface area contributed by atoms with Crippen LogP contribution in [0.25, 0.3) is 22.3 Å². The van der Waals surface area contributed by atoms with Crippen molar-refractivity contribution >= 4 is 22.5 Å². The van der Waals surface area contributed by atoms with Gasteiger partial charge in [0.25, 0.3) is 5.91 Å². The second-order valence-electron chi connectivity index (χ2n) is 7.57. The van der Waals surface area contributed by atoms with Crippen molar-refractivity contribution in [2.75, 3.05) is 27.3 Å². The van der Waals surface area contributed by atoms with Gasteiger partial charge < -0.3 is 20.1 Å². The Bertz CT molecular complexity index is 1190. The molecule has 0 saturated heterocycles. The summed E-state index contributed by atoms with van der Waals surface area (Å²) in [5.74, 6) is -0.774. The van der Waals surface area contributed by atoms with E-state index in [2.05, 4.69) is 10.3 Å². The third-order valence-electron chi connectivity index (χ3n) is 5.41. The monoisotopic (exact) mass is 460 g/mol. The van der Waals surface area contributed by atoms with Crippen LogP contribution in [0.5, 0.6) is 11.5 Å². The maximum Gasteiger partial charge on any atom is 0.405 e. The molecular weight excluding hydrogens is 437 g/mol. The topological polar surface area (TPSA) is 77.4 Å². The predicted molar refractivity (Wildman–Crippen MR) is 118 cm³/mol. The van der Waals surface area contributed by atoms with Crippen LogP contribution in [0.15, 0.2) is 42.9 Å². The Hall–Kier alpha value is -3.69. The Morgan fingerprint density at radius 1 is 1.18 bits per heavy atom. The summed E-state index contributed by atoms with van der Waals surface area (Å²) in [4.78, 5) is 17.0. The maximum atomic E-state index is 12.5. The van der Waals surface area contributed by atoms with Crippen LogP contribution >= 0.6 is 0 Å². The van der Waals surface area contributed by atoms with E-state index in [0.29, 0.717) is 5.69 Å². The fourth-order valence-electron chi connectivity index (χ4n) is 3.82. The van der Waals surface area contributed by atoms with Crippen LogP contribution in [-0.4, -0.2) is 48.9 Å². The highest BCUT2D eigenvalue weighted by Crippen LogP contribution is 2.34. The second kappa shape index (κ2) is 9.05. The summed E-state index contributed by atoms with van der Waals surface area (Å²) < 4.78 is 50.1. The molecule has 2 aromatic carbocycles. The number of amides is 1. The zero-order valence-electron chi connectivity index (χ0n) is 18.1. The van der Waals surface area contributed by atoms with E-state index < -0.39 is 18.6 Å². The molecule has 0 radical (unpaired) electrons. The van der Waals surface area contributed by atoms with Gasteiger partial charge in [0.05, 0.1) is 30.9 Å². The lowest BCUT2D eigenvalue weighted by molar-refractivity contribution is -0.123. The number of nitrogens with zero attached hydrogens (tertiary/aromatic N) is 2. The van der Waals surface area contributed by atoms with E-state index in [1.165, 1.54) is 19.8 Å². The number of carbonyl (C=O) groups is 1. The first-order valence-electron chi connectivity index (χ1n) is 10.3. The van der Waals surface area contributed by atoms with Gasteiger partial charge in [0.2, 0.25) is 0 Å². The zero-order chi connectivity index (χ0) is 23.6. The van der Waals surface area contributed by atoms with Crippen LogP contribution in [0.2, 0.25) is 0 Å². The van der Waals surface area contributed by atoms with Crippen LogP contribution in [0, 0.1) is 0 Å². The number of nitrogens with one attached hydrogen (secondary N) is 2. The summed E-state index contributed by atoms with van der Waals surface area (Å²) in [5.41, 5.74) is 4.38. The number of fused-ring (bicyclic) bond motifs is 1. The Morgan fingerprint density at radius 2 is 1.91 bits per heavy atom. The number of allylic oxidation sites excluding steroid dienone is 1. The van der Waals surface area contributed by atoms with Gasteiger partial charge >= 0.3 is 6.18 Å². The molecule has 2 N–H and O–H groups in total. The molecule has 33 heavy (non-hydrogen) atoms. The van der Waals surface area contributed by atoms with Crippen LogP contribution in [-0.2, 0) is 0 Å². The standard InChI is InChI=1S/C23H23F3N4O3/c1-32-19-9-16(10-20(33-2)21(19)22(31)28-12-23(24,25)26)30-13-29-17-8-14(5-6-18(17)30)15-4-3-7-27-11-15/h5-6,8-11,13,27H,3-4,7,12H2,1-2H3,(H,28,31). The molecule has 3 aromatic rings. The van der Waals surface area contributed by atoms with Gasteiger partial charge in [-0.15, -0.1) is 0 Å². The summed E-state index contributed by atoms with van der Waals surface area (Å²) >= 11 is 0. The molecule has 1 aromatic heterocycles. The van der Waals surface area contributed by atoms with E-state index in [-0.39, 0.29) is 17.1 Å². The Morgan fingerprint density at radius 3 is 2.52 bits per heavy atom. The Labute approximate surface area is 188 Å². The van der Waals surface area contributed by atoms with E-state index >= 15 is 0 Å². The van der Waals surface area contributed by atoms with Gasteiger partial charge in [-0.25, -0.2) is 4.98 Å². The molecule has 174 valence electrons. The Kier molecular flexibility index (Phi) is 6.17. The van der Waals surface area contributed by atoms with Crippen molar-refractivity contribution in [2.45, 2.75) is 19.0 Å². The minimum Gasteiger partial charge on any atom is -0.496 e. The van der Waals surface area contributed by atoms with Crippen LogP contribution < -0.4 is 20.1 Å². The number of rotatable bonds is 6. The first-order chi connectivity index (χ1) is 15.8. The highest BCUT2D eigenvalue weighted by atomic mass is 19.4. The van der Waals surface area contributed by atoms with Crippen LogP contribution in [0.4, 0.5) is 13.2 Å². The van der Waals surface area contributed by atoms with Gasteiger partial charge in [0.15, 0.2) is 0 Å². The van der Waals surface area contributed by atoms with E-state index in [1.807, 2.05) is 29.7 Å². The van der Waals surface area contributed by atoms with E-state index in [1.54, 1.807) is 23.0 Å². The van der Waals surface area contributed by atoms with Crippen molar-refractivity contribution in [1.29, 1.82) is 0 Å². The molecule has 0 bridgehead atoms. The van der Waals surface area contributed by atoms with Crippen molar-refractivity contribution in [3.05, 3.63) is 54.0 Å². The number of benzene rings is 2. The van der Waals surface area contributed by atoms with Gasteiger partial charge in [-0.2, -0.15) is 13.2 Å². The molecule has 0 atom stereocenters. The van der Waals surface area contributed by atoms with Crippen LogP contribution in [0.1, 0.15) is 28.8 Å². The van der Waals surface area contributed by atoms with Gasteiger partial charge in [0, 0.05) is 24.9 Å². The largest absolute Gasteiger partial charge is 0.496 e. The number of hydrogen-bond acceptors (Lipinski definition) is 5. The fraction of sp³-hybridized carbons (Fsp3) is 0.304. The molecule has 0 saturated carbocycles. The van der Waals surface area contributed by atoms with Crippen molar-refractivity contribution in [3.8, 4) is 17.2 Å². The number of methoxy groups -OCH3 is 2. The SMILES string of the molecule is COc1cc(-n2cnc3cc(C4=CNCCC4)ccc32)cc(OC)c1C(=O)NCC(F)(F)F. The number of imidazole rings is 1. The molecule has 0 unspecified atom stereocenters. The molecular formula is C23H23F3N4O3. The zero-order valence-corrected chi connectivity index (χ0v) is 18.1. The predicted octanol–water partition coefficient (Wildman–Crippen LogP) is 4.06. The smallest absolute Gasteiger partial charge is 0.405 e. The summed E-state index contributed by atoms with van der Waals surface area (Å²) in [6.07, 6.45) is 1.19. The van der Waals surface area contributed by atoms with Crippen molar-refractivity contribution in [1.82, 2.24) is 20.2 Å². The molecule has 2 heterocycles. The van der Waals surface area contributed by atoms with Gasteiger partial charge in [-0.3, -0.25) is 9.36 Å². The lowest BCUT2D eigenvalue weighted by atomic mass is 10.00. The minimum absolute atomic E-state index is 0.0842. The van der Waals surface area contributed by atoms with E-state index in [9.17, 15) is 18.0 Å². The van der Waals surface area contributed by atoms with E-state index in [4.69, 9.17) is 9.47 Å². The fourth-order valence-corrected chi connectivity index (χ4v) is 3.82. The third kappa shape index (κ3) is 4.74. The first-order valence-corrected chi connectivity index (χ1v) is 10.3. The lowest BCUT2D eigenvalue weighted by Crippen LogP contribution is -2.34. The molecule has 1 aliphatic heterocycles. The first kappa shape index (κ1) is 22.5.